The van der Waals surface area contributed by atoms with Crippen LogP contribution in [0.4, 0.5) is 0 Å². The summed E-state index contributed by atoms with van der Waals surface area (Å²) in [6.07, 6.45) is 2.17. The summed E-state index contributed by atoms with van der Waals surface area (Å²) in [5.41, 5.74) is 0.658. The van der Waals surface area contributed by atoms with E-state index in [0.717, 1.165) is 0 Å². The maximum Gasteiger partial charge on any atom is 0.245 e. The van der Waals surface area contributed by atoms with Crippen molar-refractivity contribution in [3.63, 3.8) is 0 Å². The Labute approximate surface area is 309 Å². The van der Waals surface area contributed by atoms with Gasteiger partial charge in [-0.25, -0.2) is 0 Å². The predicted molar refractivity (Wildman–Crippen MR) is 199 cm³/mol. The van der Waals surface area contributed by atoms with Crippen molar-refractivity contribution < 1.29 is 33.9 Å². The van der Waals surface area contributed by atoms with E-state index in [-0.39, 0.29) is 54.6 Å². The SMILES string of the molecule is CC(C)C[C@@H]1NC(=O)[C@H](Cc2ccc(O)cc2)NC(=O)[C@H]2CCCN2C(=O)[C@H](CC(C)C)NC(=O)[C@H](CC(C)C)N(C)C(=O)[C@@H](CC(C)C)NC1=O. The molecule has 2 heterocycles. The Bertz CT molecular complexity index is 1410. The lowest BCUT2D eigenvalue weighted by Gasteiger charge is -2.35. The van der Waals surface area contributed by atoms with Crippen molar-refractivity contribution in [2.75, 3.05) is 13.6 Å². The lowest BCUT2D eigenvalue weighted by molar-refractivity contribution is -0.146. The number of nitrogens with zero attached hydrogens (tertiary/aromatic N) is 2. The predicted octanol–water partition coefficient (Wildman–Crippen LogP) is 2.89. The summed E-state index contributed by atoms with van der Waals surface area (Å²) in [4.78, 5) is 87.6. The number of phenolic OH excluding ortho intramolecular Hbond substituents is 1. The van der Waals surface area contributed by atoms with Crippen LogP contribution in [-0.2, 0) is 35.2 Å². The van der Waals surface area contributed by atoms with E-state index >= 15 is 0 Å². The number of nitrogens with one attached hydrogen (secondary N) is 4. The molecule has 2 aliphatic rings. The van der Waals surface area contributed by atoms with Crippen LogP contribution in [-0.4, -0.2) is 100 Å². The van der Waals surface area contributed by atoms with Gasteiger partial charge in [0.15, 0.2) is 0 Å². The van der Waals surface area contributed by atoms with Gasteiger partial charge in [0.1, 0.15) is 42.0 Å². The second-order valence-electron chi connectivity index (χ2n) is 16.3. The molecule has 52 heavy (non-hydrogen) atoms. The summed E-state index contributed by atoms with van der Waals surface area (Å²) in [5.74, 6) is -2.87. The molecule has 6 atom stereocenters. The van der Waals surface area contributed by atoms with Gasteiger partial charge in [-0.15, -0.1) is 0 Å². The molecule has 1 aromatic carbocycles. The molecule has 0 aliphatic carbocycles. The lowest BCUT2D eigenvalue weighted by atomic mass is 9.96. The second-order valence-corrected chi connectivity index (χ2v) is 16.3. The molecule has 2 fully saturated rings. The minimum Gasteiger partial charge on any atom is -0.508 e. The third kappa shape index (κ3) is 11.9. The van der Waals surface area contributed by atoms with Gasteiger partial charge < -0.3 is 36.2 Å². The molecule has 13 heteroatoms. The summed E-state index contributed by atoms with van der Waals surface area (Å²) >= 11 is 0. The van der Waals surface area contributed by atoms with E-state index in [9.17, 15) is 33.9 Å². The van der Waals surface area contributed by atoms with Crippen molar-refractivity contribution in [3.05, 3.63) is 29.8 Å². The van der Waals surface area contributed by atoms with Crippen molar-refractivity contribution in [3.8, 4) is 5.75 Å². The van der Waals surface area contributed by atoms with Gasteiger partial charge in [0.05, 0.1) is 0 Å². The van der Waals surface area contributed by atoms with E-state index in [0.29, 0.717) is 37.8 Å². The Morgan fingerprint density at radius 3 is 1.63 bits per heavy atom. The number of likely N-dealkylation sites (N-methyl/N-ethyl adjacent to an activating group) is 1. The summed E-state index contributed by atoms with van der Waals surface area (Å²) in [7, 11) is 1.55. The van der Waals surface area contributed by atoms with Crippen molar-refractivity contribution in [2.45, 2.75) is 137 Å². The molecule has 2 saturated heterocycles. The molecule has 290 valence electrons. The minimum atomic E-state index is -1.13. The van der Waals surface area contributed by atoms with Crippen molar-refractivity contribution in [2.24, 2.45) is 23.7 Å². The summed E-state index contributed by atoms with van der Waals surface area (Å²) < 4.78 is 0. The van der Waals surface area contributed by atoms with Crippen LogP contribution in [0.15, 0.2) is 24.3 Å². The van der Waals surface area contributed by atoms with Crippen molar-refractivity contribution in [1.29, 1.82) is 0 Å². The first-order valence-corrected chi connectivity index (χ1v) is 18.9. The summed E-state index contributed by atoms with van der Waals surface area (Å²) in [6, 6.07) is 0.365. The van der Waals surface area contributed by atoms with E-state index in [4.69, 9.17) is 0 Å². The highest BCUT2D eigenvalue weighted by molar-refractivity contribution is 5.98. The smallest absolute Gasteiger partial charge is 0.245 e. The van der Waals surface area contributed by atoms with Gasteiger partial charge in [-0.05, 0) is 79.9 Å². The molecule has 0 unspecified atom stereocenters. The molecule has 0 bridgehead atoms. The molecule has 0 saturated carbocycles. The number of carbonyl (C=O) groups excluding carboxylic acids is 6. The number of hydrogen-bond acceptors (Lipinski definition) is 7. The van der Waals surface area contributed by atoms with Crippen LogP contribution in [0.2, 0.25) is 0 Å². The van der Waals surface area contributed by atoms with Crippen LogP contribution in [0.25, 0.3) is 0 Å². The van der Waals surface area contributed by atoms with Gasteiger partial charge in [-0.2, -0.15) is 0 Å². The maximum atomic E-state index is 14.2. The number of phenols is 1. The average molecular weight is 727 g/mol. The molecule has 3 rings (SSSR count). The fraction of sp³-hybridized carbons (Fsp3) is 0.692. The van der Waals surface area contributed by atoms with Crippen molar-refractivity contribution in [1.82, 2.24) is 31.1 Å². The molecular weight excluding hydrogens is 664 g/mol. The minimum absolute atomic E-state index is 0.00220. The monoisotopic (exact) mass is 726 g/mol. The number of hydrogen-bond donors (Lipinski definition) is 5. The van der Waals surface area contributed by atoms with E-state index in [2.05, 4.69) is 21.3 Å². The van der Waals surface area contributed by atoms with E-state index < -0.39 is 65.8 Å². The topological polar surface area (TPSA) is 177 Å². The quantitative estimate of drug-likeness (QED) is 0.246. The Hall–Kier alpha value is -4.16. The van der Waals surface area contributed by atoms with Crippen LogP contribution in [0.5, 0.6) is 5.75 Å². The van der Waals surface area contributed by atoms with E-state index in [1.807, 2.05) is 55.4 Å². The first-order valence-electron chi connectivity index (χ1n) is 18.9. The van der Waals surface area contributed by atoms with Crippen LogP contribution >= 0.6 is 0 Å². The highest BCUT2D eigenvalue weighted by Crippen LogP contribution is 2.23. The number of fused-ring (bicyclic) bond motifs is 1. The Balaban J connectivity index is 2.14. The molecule has 0 aromatic heterocycles. The number of amides is 6. The van der Waals surface area contributed by atoms with Crippen LogP contribution in [0.1, 0.15) is 99.5 Å². The lowest BCUT2D eigenvalue weighted by Crippen LogP contribution is -2.62. The number of benzene rings is 1. The first-order chi connectivity index (χ1) is 24.4. The average Bonchev–Trinajstić information content (AvgIpc) is 3.55. The fourth-order valence-corrected chi connectivity index (χ4v) is 7.04. The largest absolute Gasteiger partial charge is 0.508 e. The molecular formula is C39H62N6O7. The van der Waals surface area contributed by atoms with Crippen LogP contribution < -0.4 is 21.3 Å². The van der Waals surface area contributed by atoms with Crippen molar-refractivity contribution >= 4 is 35.4 Å². The molecule has 13 nitrogen and oxygen atoms in total. The Morgan fingerprint density at radius 2 is 1.08 bits per heavy atom. The van der Waals surface area contributed by atoms with Gasteiger partial charge >= 0.3 is 0 Å². The van der Waals surface area contributed by atoms with E-state index in [1.54, 1.807) is 19.2 Å². The fourth-order valence-electron chi connectivity index (χ4n) is 7.04. The zero-order chi connectivity index (χ0) is 38.9. The standard InChI is InChI=1S/C39H62N6O7/c1-22(2)17-28-34(47)42-30(18-23(3)4)38(51)44(9)33(20-25(7)8)37(50)43-31(19-24(5)6)39(52)45-16-10-11-32(45)36(49)41-29(35(48)40-28)21-26-12-14-27(46)15-13-26/h12-15,22-25,28-33,46H,10-11,16-21H2,1-9H3,(H,40,48)(H,41,49)(H,42,47)(H,43,50)/t28-,29-,30+,31-,32+,33-/m0/s1. The second kappa shape index (κ2) is 19.1. The highest BCUT2D eigenvalue weighted by atomic mass is 16.3. The zero-order valence-corrected chi connectivity index (χ0v) is 32.5. The Morgan fingerprint density at radius 1 is 0.615 bits per heavy atom. The van der Waals surface area contributed by atoms with E-state index in [1.165, 1.54) is 21.9 Å². The third-order valence-electron chi connectivity index (χ3n) is 9.64. The van der Waals surface area contributed by atoms with Gasteiger partial charge in [0.25, 0.3) is 0 Å². The molecule has 6 amide bonds. The molecule has 0 radical (unpaired) electrons. The number of carbonyl (C=O) groups is 6. The van der Waals surface area contributed by atoms with Crippen LogP contribution in [0, 0.1) is 23.7 Å². The van der Waals surface area contributed by atoms with Gasteiger partial charge in [0.2, 0.25) is 35.4 Å². The number of aromatic hydroxyl groups is 1. The van der Waals surface area contributed by atoms with Gasteiger partial charge in [0, 0.05) is 20.0 Å². The maximum absolute atomic E-state index is 14.2. The molecule has 5 N–H and O–H groups in total. The van der Waals surface area contributed by atoms with Gasteiger partial charge in [-0.3, -0.25) is 28.8 Å². The number of rotatable bonds is 10. The molecule has 2 aliphatic heterocycles. The van der Waals surface area contributed by atoms with Crippen LogP contribution in [0.3, 0.4) is 0 Å². The zero-order valence-electron chi connectivity index (χ0n) is 32.5. The molecule has 0 spiro atoms. The third-order valence-corrected chi connectivity index (χ3v) is 9.64. The first kappa shape index (κ1) is 42.3. The Kier molecular flexibility index (Phi) is 15.5. The van der Waals surface area contributed by atoms with Gasteiger partial charge in [-0.1, -0.05) is 67.5 Å². The summed E-state index contributed by atoms with van der Waals surface area (Å²) in [6.45, 7) is 15.8. The summed E-state index contributed by atoms with van der Waals surface area (Å²) in [5, 5.41) is 21.4. The normalized spacial score (nSPS) is 25.9. The highest BCUT2D eigenvalue weighted by Gasteiger charge is 2.41. The molecule has 1 aromatic rings.